The van der Waals surface area contributed by atoms with Gasteiger partial charge in [-0.05, 0) is 36.4 Å². The van der Waals surface area contributed by atoms with Crippen molar-refractivity contribution >= 4 is 11.6 Å². The molecule has 0 radical (unpaired) electrons. The van der Waals surface area contributed by atoms with Crippen molar-refractivity contribution in [3.05, 3.63) is 42.5 Å². The molecule has 26 heavy (non-hydrogen) atoms. The number of carbonyl (C=O) groups excluding carboxylic acids is 1. The van der Waals surface area contributed by atoms with Gasteiger partial charge in [-0.3, -0.25) is 4.79 Å². The summed E-state index contributed by atoms with van der Waals surface area (Å²) in [6.45, 7) is 1.14. The number of methoxy groups -OCH3 is 3. The monoisotopic (exact) mass is 360 g/mol. The summed E-state index contributed by atoms with van der Waals surface area (Å²) in [5, 5.41) is 5.83. The predicted molar refractivity (Wildman–Crippen MR) is 99.5 cm³/mol. The molecular formula is C19H24N2O5. The van der Waals surface area contributed by atoms with Gasteiger partial charge in [0.15, 0.2) is 0 Å². The summed E-state index contributed by atoms with van der Waals surface area (Å²) in [6, 6.07) is 12.5. The maximum absolute atomic E-state index is 12.1. The lowest BCUT2D eigenvalue weighted by Crippen LogP contribution is -2.31. The summed E-state index contributed by atoms with van der Waals surface area (Å²) >= 11 is 0. The van der Waals surface area contributed by atoms with Gasteiger partial charge in [-0.15, -0.1) is 0 Å². The van der Waals surface area contributed by atoms with E-state index in [9.17, 15) is 4.79 Å². The van der Waals surface area contributed by atoms with Gasteiger partial charge in [0.25, 0.3) is 0 Å². The second kappa shape index (κ2) is 10.1. The molecule has 2 aromatic rings. The van der Waals surface area contributed by atoms with Crippen molar-refractivity contribution in [2.45, 2.75) is 0 Å². The Hall–Kier alpha value is -2.93. The lowest BCUT2D eigenvalue weighted by Gasteiger charge is -2.12. The molecule has 2 rings (SSSR count). The van der Waals surface area contributed by atoms with Gasteiger partial charge in [0.2, 0.25) is 5.91 Å². The highest BCUT2D eigenvalue weighted by Gasteiger charge is 2.08. The zero-order chi connectivity index (χ0) is 18.8. The van der Waals surface area contributed by atoms with E-state index in [2.05, 4.69) is 10.6 Å². The van der Waals surface area contributed by atoms with Crippen LogP contribution in [0.5, 0.6) is 23.0 Å². The van der Waals surface area contributed by atoms with E-state index in [0.717, 1.165) is 11.5 Å². The average molecular weight is 360 g/mol. The fraction of sp³-hybridized carbons (Fsp3) is 0.316. The third kappa shape index (κ3) is 5.86. The zero-order valence-electron chi connectivity index (χ0n) is 15.2. The first-order chi connectivity index (χ1) is 12.7. The maximum atomic E-state index is 12.1. The quantitative estimate of drug-likeness (QED) is 0.633. The molecule has 1 amide bonds. The molecule has 7 heteroatoms. The van der Waals surface area contributed by atoms with Gasteiger partial charge >= 0.3 is 0 Å². The highest BCUT2D eigenvalue weighted by Crippen LogP contribution is 2.28. The summed E-state index contributed by atoms with van der Waals surface area (Å²) in [4.78, 5) is 12.1. The molecule has 0 bridgehead atoms. The van der Waals surface area contributed by atoms with Crippen LogP contribution < -0.4 is 29.6 Å². The standard InChI is InChI=1S/C19H24N2O5/c1-23-14-4-6-15(7-5-14)26-11-10-20-13-19(22)21-17-12-16(24-2)8-9-18(17)25-3/h4-9,12,20H,10-11,13H2,1-3H3,(H,21,22). The Morgan fingerprint density at radius 3 is 2.19 bits per heavy atom. The number of amides is 1. The Morgan fingerprint density at radius 2 is 1.54 bits per heavy atom. The van der Waals surface area contributed by atoms with E-state index in [1.807, 2.05) is 24.3 Å². The van der Waals surface area contributed by atoms with E-state index in [0.29, 0.717) is 30.3 Å². The van der Waals surface area contributed by atoms with Crippen molar-refractivity contribution in [3.8, 4) is 23.0 Å². The molecule has 0 unspecified atom stereocenters. The molecule has 2 aromatic carbocycles. The summed E-state index contributed by atoms with van der Waals surface area (Å²) in [5.74, 6) is 2.56. The van der Waals surface area contributed by atoms with Crippen molar-refractivity contribution in [1.29, 1.82) is 0 Å². The molecule has 0 aliphatic carbocycles. The minimum absolute atomic E-state index is 0.159. The van der Waals surface area contributed by atoms with Crippen LogP contribution in [0.1, 0.15) is 0 Å². The van der Waals surface area contributed by atoms with Crippen LogP contribution in [-0.4, -0.2) is 46.9 Å². The summed E-state index contributed by atoms with van der Waals surface area (Å²) < 4.78 is 21.1. The summed E-state index contributed by atoms with van der Waals surface area (Å²) in [6.07, 6.45) is 0. The van der Waals surface area contributed by atoms with E-state index >= 15 is 0 Å². The number of ether oxygens (including phenoxy) is 4. The number of hydrogen-bond acceptors (Lipinski definition) is 6. The Balaban J connectivity index is 1.71. The van der Waals surface area contributed by atoms with Gasteiger partial charge in [-0.1, -0.05) is 0 Å². The summed E-state index contributed by atoms with van der Waals surface area (Å²) in [7, 11) is 4.73. The molecule has 0 aromatic heterocycles. The fourth-order valence-corrected chi connectivity index (χ4v) is 2.22. The van der Waals surface area contributed by atoms with E-state index < -0.39 is 0 Å². The Morgan fingerprint density at radius 1 is 0.885 bits per heavy atom. The molecule has 0 aliphatic rings. The third-order valence-electron chi connectivity index (χ3n) is 3.57. The first-order valence-electron chi connectivity index (χ1n) is 8.15. The number of rotatable bonds is 10. The first kappa shape index (κ1) is 19.4. The number of benzene rings is 2. The van der Waals surface area contributed by atoms with Gasteiger partial charge in [0.05, 0.1) is 33.6 Å². The molecule has 0 atom stereocenters. The fourth-order valence-electron chi connectivity index (χ4n) is 2.22. The minimum Gasteiger partial charge on any atom is -0.497 e. The molecule has 0 saturated heterocycles. The first-order valence-corrected chi connectivity index (χ1v) is 8.15. The smallest absolute Gasteiger partial charge is 0.238 e. The topological polar surface area (TPSA) is 78.1 Å². The van der Waals surface area contributed by atoms with Crippen molar-refractivity contribution in [3.63, 3.8) is 0 Å². The van der Waals surface area contributed by atoms with Gasteiger partial charge in [-0.2, -0.15) is 0 Å². The van der Waals surface area contributed by atoms with Crippen LogP contribution in [-0.2, 0) is 4.79 Å². The zero-order valence-corrected chi connectivity index (χ0v) is 15.2. The van der Waals surface area contributed by atoms with Crippen molar-refractivity contribution in [2.24, 2.45) is 0 Å². The molecule has 0 heterocycles. The number of anilines is 1. The molecule has 140 valence electrons. The molecule has 0 saturated carbocycles. The Labute approximate surface area is 153 Å². The SMILES string of the molecule is COc1ccc(OCCNCC(=O)Nc2cc(OC)ccc2OC)cc1. The van der Waals surface area contributed by atoms with E-state index in [-0.39, 0.29) is 12.5 Å². The molecule has 2 N–H and O–H groups in total. The van der Waals surface area contributed by atoms with Crippen LogP contribution in [0.15, 0.2) is 42.5 Å². The normalized spacial score (nSPS) is 10.1. The number of hydrogen-bond donors (Lipinski definition) is 2. The second-order valence-electron chi connectivity index (χ2n) is 5.32. The lowest BCUT2D eigenvalue weighted by molar-refractivity contribution is -0.115. The van der Waals surface area contributed by atoms with E-state index in [4.69, 9.17) is 18.9 Å². The van der Waals surface area contributed by atoms with E-state index in [1.54, 1.807) is 39.5 Å². The Kier molecular flexibility index (Phi) is 7.57. The van der Waals surface area contributed by atoms with Crippen LogP contribution >= 0.6 is 0 Å². The van der Waals surface area contributed by atoms with Crippen LogP contribution in [0.4, 0.5) is 5.69 Å². The largest absolute Gasteiger partial charge is 0.497 e. The van der Waals surface area contributed by atoms with Crippen LogP contribution in [0.25, 0.3) is 0 Å². The van der Waals surface area contributed by atoms with Gasteiger partial charge < -0.3 is 29.6 Å². The molecular weight excluding hydrogens is 336 g/mol. The lowest BCUT2D eigenvalue weighted by atomic mass is 10.2. The number of carbonyl (C=O) groups is 1. The van der Waals surface area contributed by atoms with Crippen LogP contribution in [0.2, 0.25) is 0 Å². The van der Waals surface area contributed by atoms with Gasteiger partial charge in [-0.25, -0.2) is 0 Å². The van der Waals surface area contributed by atoms with E-state index in [1.165, 1.54) is 0 Å². The van der Waals surface area contributed by atoms with Gasteiger partial charge in [0.1, 0.15) is 29.6 Å². The Bertz CT molecular complexity index is 704. The highest BCUT2D eigenvalue weighted by atomic mass is 16.5. The average Bonchev–Trinajstić information content (AvgIpc) is 2.68. The predicted octanol–water partition coefficient (Wildman–Crippen LogP) is 2.32. The highest BCUT2D eigenvalue weighted by molar-refractivity contribution is 5.93. The van der Waals surface area contributed by atoms with Crippen molar-refractivity contribution in [1.82, 2.24) is 5.32 Å². The molecule has 0 aliphatic heterocycles. The van der Waals surface area contributed by atoms with Crippen LogP contribution in [0.3, 0.4) is 0 Å². The molecule has 0 spiro atoms. The summed E-state index contributed by atoms with van der Waals surface area (Å²) in [5.41, 5.74) is 0.563. The third-order valence-corrected chi connectivity index (χ3v) is 3.57. The maximum Gasteiger partial charge on any atom is 0.238 e. The minimum atomic E-state index is -0.180. The van der Waals surface area contributed by atoms with Crippen molar-refractivity contribution < 1.29 is 23.7 Å². The molecule has 7 nitrogen and oxygen atoms in total. The van der Waals surface area contributed by atoms with Crippen molar-refractivity contribution in [2.75, 3.05) is 46.3 Å². The molecule has 0 fully saturated rings. The number of nitrogens with one attached hydrogen (secondary N) is 2. The van der Waals surface area contributed by atoms with Crippen LogP contribution in [0, 0.1) is 0 Å². The second-order valence-corrected chi connectivity index (χ2v) is 5.32. The van der Waals surface area contributed by atoms with Gasteiger partial charge in [0, 0.05) is 12.6 Å².